The molecule has 0 N–H and O–H groups in total. The maximum absolute atomic E-state index is 10.7. The van der Waals surface area contributed by atoms with Crippen LogP contribution in [0.15, 0.2) is 18.2 Å². The van der Waals surface area contributed by atoms with E-state index in [4.69, 9.17) is 14.2 Å². The van der Waals surface area contributed by atoms with E-state index in [0.29, 0.717) is 18.1 Å². The van der Waals surface area contributed by atoms with E-state index in [1.54, 1.807) is 0 Å². The van der Waals surface area contributed by atoms with Gasteiger partial charge in [0.05, 0.1) is 24.7 Å². The van der Waals surface area contributed by atoms with Gasteiger partial charge in [0.15, 0.2) is 17.8 Å². The third kappa shape index (κ3) is 2.65. The van der Waals surface area contributed by atoms with E-state index in [0.717, 1.165) is 12.8 Å². The molecule has 1 aliphatic rings. The van der Waals surface area contributed by atoms with E-state index >= 15 is 0 Å². The summed E-state index contributed by atoms with van der Waals surface area (Å²) in [5.41, 5.74) is -0.0289. The van der Waals surface area contributed by atoms with Crippen LogP contribution in [0.2, 0.25) is 0 Å². The van der Waals surface area contributed by atoms with Gasteiger partial charge >= 0.3 is 0 Å². The number of hydrogen-bond acceptors (Lipinski definition) is 5. The fourth-order valence-electron chi connectivity index (χ4n) is 1.65. The van der Waals surface area contributed by atoms with Gasteiger partial charge in [-0.2, -0.15) is 0 Å². The molecule has 1 heterocycles. The Bertz CT molecular complexity index is 414. The Labute approximate surface area is 98.2 Å². The predicted molar refractivity (Wildman–Crippen MR) is 59.3 cm³/mol. The highest BCUT2D eigenvalue weighted by molar-refractivity contribution is 5.48. The van der Waals surface area contributed by atoms with E-state index in [9.17, 15) is 10.1 Å². The van der Waals surface area contributed by atoms with Gasteiger partial charge in [-0.25, -0.2) is 0 Å². The van der Waals surface area contributed by atoms with Crippen LogP contribution < -0.4 is 9.47 Å². The highest BCUT2D eigenvalue weighted by Crippen LogP contribution is 2.33. The molecular formula is C11H13NO5. The average Bonchev–Trinajstić information content (AvgIpc) is 2.81. The van der Waals surface area contributed by atoms with Crippen molar-refractivity contribution >= 4 is 5.69 Å². The highest BCUT2D eigenvalue weighted by Gasteiger charge is 2.20. The van der Waals surface area contributed by atoms with Crippen molar-refractivity contribution in [2.45, 2.75) is 19.1 Å². The zero-order valence-corrected chi connectivity index (χ0v) is 9.42. The first-order chi connectivity index (χ1) is 8.20. The zero-order valence-electron chi connectivity index (χ0n) is 9.42. The molecule has 1 fully saturated rings. The van der Waals surface area contributed by atoms with Crippen LogP contribution in [0.4, 0.5) is 5.69 Å². The van der Waals surface area contributed by atoms with Gasteiger partial charge in [0.25, 0.3) is 5.69 Å². The molecule has 6 nitrogen and oxygen atoms in total. The summed E-state index contributed by atoms with van der Waals surface area (Å²) in [6, 6.07) is 4.24. The molecule has 1 aromatic carbocycles. The fraction of sp³-hybridized carbons (Fsp3) is 0.455. The van der Waals surface area contributed by atoms with Gasteiger partial charge in [0.1, 0.15) is 0 Å². The molecule has 1 aromatic rings. The number of benzene rings is 1. The lowest BCUT2D eigenvalue weighted by atomic mass is 10.3. The molecule has 1 saturated heterocycles. The maximum atomic E-state index is 10.7. The molecule has 1 atom stereocenters. The van der Waals surface area contributed by atoms with Crippen molar-refractivity contribution < 1.29 is 19.1 Å². The maximum Gasteiger partial charge on any atom is 0.273 e. The molecule has 0 amide bonds. The second-order valence-corrected chi connectivity index (χ2v) is 3.65. The van der Waals surface area contributed by atoms with Crippen molar-refractivity contribution in [2.24, 2.45) is 0 Å². The lowest BCUT2D eigenvalue weighted by Crippen LogP contribution is -2.14. The van der Waals surface area contributed by atoms with Crippen LogP contribution in [0.3, 0.4) is 0 Å². The molecule has 0 bridgehead atoms. The number of methoxy groups -OCH3 is 1. The van der Waals surface area contributed by atoms with Crippen molar-refractivity contribution in [1.29, 1.82) is 0 Å². The first-order valence-corrected chi connectivity index (χ1v) is 5.31. The summed E-state index contributed by atoms with van der Waals surface area (Å²) in [6.45, 7) is 0.655. The van der Waals surface area contributed by atoms with Gasteiger partial charge in [-0.15, -0.1) is 0 Å². The van der Waals surface area contributed by atoms with E-state index < -0.39 is 4.92 Å². The van der Waals surface area contributed by atoms with Crippen LogP contribution in [0, 0.1) is 10.1 Å². The summed E-state index contributed by atoms with van der Waals surface area (Å²) < 4.78 is 15.9. The Hall–Kier alpha value is -1.82. The minimum atomic E-state index is -0.470. The first kappa shape index (κ1) is 11.7. The lowest BCUT2D eigenvalue weighted by molar-refractivity contribution is -0.385. The molecular weight excluding hydrogens is 226 g/mol. The second-order valence-electron chi connectivity index (χ2n) is 3.65. The number of hydrogen-bond donors (Lipinski definition) is 0. The molecule has 92 valence electrons. The largest absolute Gasteiger partial charge is 0.493 e. The molecule has 0 spiro atoms. The van der Waals surface area contributed by atoms with Crippen LogP contribution in [0.25, 0.3) is 0 Å². The van der Waals surface area contributed by atoms with Crippen molar-refractivity contribution in [3.8, 4) is 11.5 Å². The van der Waals surface area contributed by atoms with Crippen LogP contribution in [0.1, 0.15) is 12.8 Å². The third-order valence-corrected chi connectivity index (χ3v) is 2.50. The summed E-state index contributed by atoms with van der Waals surface area (Å²) in [5.74, 6) is 0.805. The standard InChI is InChI=1S/C11H13NO5/c1-15-9-5-4-8(12(13)14)7-10(9)17-11-3-2-6-16-11/h4-5,7,11H,2-3,6H2,1H3. The molecule has 1 aliphatic heterocycles. The van der Waals surface area contributed by atoms with Crippen molar-refractivity contribution in [1.82, 2.24) is 0 Å². The molecule has 0 aliphatic carbocycles. The van der Waals surface area contributed by atoms with E-state index in [-0.39, 0.29) is 12.0 Å². The Morgan fingerprint density at radius 3 is 2.88 bits per heavy atom. The normalized spacial score (nSPS) is 19.0. The minimum absolute atomic E-state index is 0.0289. The molecule has 0 saturated carbocycles. The first-order valence-electron chi connectivity index (χ1n) is 5.31. The van der Waals surface area contributed by atoms with Crippen LogP contribution in [-0.4, -0.2) is 24.9 Å². The van der Waals surface area contributed by atoms with Gasteiger partial charge in [-0.05, 0) is 12.5 Å². The monoisotopic (exact) mass is 239 g/mol. The van der Waals surface area contributed by atoms with Crippen LogP contribution >= 0.6 is 0 Å². The number of non-ortho nitro benzene ring substituents is 1. The molecule has 2 rings (SSSR count). The molecule has 17 heavy (non-hydrogen) atoms. The quantitative estimate of drug-likeness (QED) is 0.594. The topological polar surface area (TPSA) is 70.8 Å². The Balaban J connectivity index is 2.21. The summed E-state index contributed by atoms with van der Waals surface area (Å²) in [6.07, 6.45) is 1.37. The predicted octanol–water partition coefficient (Wildman–Crippen LogP) is 2.12. The van der Waals surface area contributed by atoms with Gasteiger partial charge in [-0.1, -0.05) is 0 Å². The number of nitro groups is 1. The smallest absolute Gasteiger partial charge is 0.273 e. The van der Waals surface area contributed by atoms with E-state index in [1.807, 2.05) is 0 Å². The van der Waals surface area contributed by atoms with Crippen LogP contribution in [-0.2, 0) is 4.74 Å². The Morgan fingerprint density at radius 2 is 2.29 bits per heavy atom. The molecule has 0 aromatic heterocycles. The summed E-state index contributed by atoms with van der Waals surface area (Å²) in [7, 11) is 1.49. The molecule has 0 radical (unpaired) electrons. The Kier molecular flexibility index (Phi) is 3.43. The summed E-state index contributed by atoms with van der Waals surface area (Å²) >= 11 is 0. The van der Waals surface area contributed by atoms with Gasteiger partial charge in [0.2, 0.25) is 0 Å². The van der Waals surface area contributed by atoms with Crippen molar-refractivity contribution in [2.75, 3.05) is 13.7 Å². The average molecular weight is 239 g/mol. The zero-order chi connectivity index (χ0) is 12.3. The minimum Gasteiger partial charge on any atom is -0.493 e. The summed E-state index contributed by atoms with van der Waals surface area (Å²) in [5, 5.41) is 10.7. The van der Waals surface area contributed by atoms with Crippen molar-refractivity contribution in [3.63, 3.8) is 0 Å². The number of nitro benzene ring substituents is 1. The van der Waals surface area contributed by atoms with Gasteiger partial charge < -0.3 is 14.2 Å². The summed E-state index contributed by atoms with van der Waals surface area (Å²) in [4.78, 5) is 10.2. The number of ether oxygens (including phenoxy) is 3. The third-order valence-electron chi connectivity index (χ3n) is 2.50. The highest BCUT2D eigenvalue weighted by atomic mass is 16.7. The van der Waals surface area contributed by atoms with Gasteiger partial charge in [0, 0.05) is 12.5 Å². The molecule has 6 heteroatoms. The Morgan fingerprint density at radius 1 is 1.47 bits per heavy atom. The van der Waals surface area contributed by atoms with Crippen LogP contribution in [0.5, 0.6) is 11.5 Å². The number of nitrogens with zero attached hydrogens (tertiary/aromatic N) is 1. The van der Waals surface area contributed by atoms with E-state index in [1.165, 1.54) is 25.3 Å². The molecule has 1 unspecified atom stereocenters. The second kappa shape index (κ2) is 5.01. The SMILES string of the molecule is COc1ccc([N+](=O)[O-])cc1OC1CCCO1. The van der Waals surface area contributed by atoms with Gasteiger partial charge in [-0.3, -0.25) is 10.1 Å². The van der Waals surface area contributed by atoms with E-state index in [2.05, 4.69) is 0 Å². The number of rotatable bonds is 4. The fourth-order valence-corrected chi connectivity index (χ4v) is 1.65. The van der Waals surface area contributed by atoms with Crippen molar-refractivity contribution in [3.05, 3.63) is 28.3 Å². The lowest BCUT2D eigenvalue weighted by Gasteiger charge is -2.14.